The molecule has 23 heavy (non-hydrogen) atoms. The fraction of sp³-hybridized carbons (Fsp3) is 0.188. The summed E-state index contributed by atoms with van der Waals surface area (Å²) in [6.45, 7) is 2.02. The second kappa shape index (κ2) is 6.21. The number of para-hydroxylation sites is 1. The van der Waals surface area contributed by atoms with Crippen molar-refractivity contribution < 1.29 is 14.7 Å². The summed E-state index contributed by atoms with van der Waals surface area (Å²) in [5.74, 6) is -1.19. The Morgan fingerprint density at radius 2 is 2.04 bits per heavy atom. The first-order valence-corrected chi connectivity index (χ1v) is 7.92. The molecule has 0 radical (unpaired) electrons. The van der Waals surface area contributed by atoms with Crippen LogP contribution < -0.4 is 5.32 Å². The van der Waals surface area contributed by atoms with E-state index < -0.39 is 5.97 Å². The van der Waals surface area contributed by atoms with Crippen molar-refractivity contribution in [1.29, 1.82) is 0 Å². The van der Waals surface area contributed by atoms with Gasteiger partial charge in [0.2, 0.25) is 0 Å². The summed E-state index contributed by atoms with van der Waals surface area (Å²) >= 11 is 1.35. The first kappa shape index (κ1) is 15.2. The number of carbonyl (C=O) groups excluding carboxylic acids is 1. The Balaban J connectivity index is 1.90. The number of aromatic nitrogens is 2. The number of aliphatic carboxylic acids is 1. The Labute approximate surface area is 136 Å². The molecule has 0 unspecified atom stereocenters. The standard InChI is InChI=1S/C16H15N3O3S/c1-10-12-9-13(15(22)17-8-7-14(20)21)23-16(12)19(18-10)11-5-3-2-4-6-11/h2-6,9H,7-8H2,1H3,(H,17,22)(H,20,21). The lowest BCUT2D eigenvalue weighted by atomic mass is 10.3. The normalized spacial score (nSPS) is 10.8. The van der Waals surface area contributed by atoms with Crippen molar-refractivity contribution in [3.63, 3.8) is 0 Å². The predicted molar refractivity (Wildman–Crippen MR) is 88.3 cm³/mol. The molecule has 0 aliphatic heterocycles. The van der Waals surface area contributed by atoms with Crippen LogP contribution in [0, 0.1) is 6.92 Å². The minimum absolute atomic E-state index is 0.0898. The lowest BCUT2D eigenvalue weighted by Crippen LogP contribution is -2.25. The van der Waals surface area contributed by atoms with Gasteiger partial charge in [0.1, 0.15) is 4.83 Å². The quantitative estimate of drug-likeness (QED) is 0.753. The highest BCUT2D eigenvalue weighted by Gasteiger charge is 2.17. The number of rotatable bonds is 5. The highest BCUT2D eigenvalue weighted by atomic mass is 32.1. The van der Waals surface area contributed by atoms with Crippen LogP contribution in [0.2, 0.25) is 0 Å². The van der Waals surface area contributed by atoms with E-state index in [4.69, 9.17) is 5.11 Å². The van der Waals surface area contributed by atoms with Gasteiger partial charge in [0.05, 0.1) is 22.7 Å². The van der Waals surface area contributed by atoms with Crippen LogP contribution in [0.15, 0.2) is 36.4 Å². The number of carbonyl (C=O) groups is 2. The minimum atomic E-state index is -0.933. The Morgan fingerprint density at radius 1 is 1.30 bits per heavy atom. The van der Waals surface area contributed by atoms with Crippen molar-refractivity contribution in [2.75, 3.05) is 6.54 Å². The van der Waals surface area contributed by atoms with Gasteiger partial charge in [-0.05, 0) is 25.1 Å². The van der Waals surface area contributed by atoms with E-state index in [1.54, 1.807) is 6.07 Å². The van der Waals surface area contributed by atoms with E-state index in [1.165, 1.54) is 11.3 Å². The van der Waals surface area contributed by atoms with Gasteiger partial charge in [0.15, 0.2) is 0 Å². The summed E-state index contributed by atoms with van der Waals surface area (Å²) < 4.78 is 1.82. The van der Waals surface area contributed by atoms with Crippen molar-refractivity contribution >= 4 is 33.4 Å². The summed E-state index contributed by atoms with van der Waals surface area (Å²) in [4.78, 5) is 24.1. The lowest BCUT2D eigenvalue weighted by Gasteiger charge is -2.02. The molecule has 2 heterocycles. The first-order chi connectivity index (χ1) is 11.1. The molecule has 3 rings (SSSR count). The van der Waals surface area contributed by atoms with Crippen molar-refractivity contribution in [2.24, 2.45) is 0 Å². The zero-order valence-electron chi connectivity index (χ0n) is 12.4. The molecular weight excluding hydrogens is 314 g/mol. The molecule has 1 amide bonds. The predicted octanol–water partition coefficient (Wildman–Crippen LogP) is 2.60. The van der Waals surface area contributed by atoms with Crippen LogP contribution in [0.1, 0.15) is 21.8 Å². The number of hydrogen-bond donors (Lipinski definition) is 2. The molecular formula is C16H15N3O3S. The van der Waals surface area contributed by atoms with Crippen LogP contribution in [-0.2, 0) is 4.79 Å². The average molecular weight is 329 g/mol. The number of benzene rings is 1. The minimum Gasteiger partial charge on any atom is -0.481 e. The summed E-state index contributed by atoms with van der Waals surface area (Å²) in [5, 5.41) is 16.7. The third-order valence-corrected chi connectivity index (χ3v) is 4.50. The summed E-state index contributed by atoms with van der Waals surface area (Å²) in [5.41, 5.74) is 1.79. The van der Waals surface area contributed by atoms with Gasteiger partial charge in [-0.2, -0.15) is 5.10 Å². The molecule has 0 saturated carbocycles. The molecule has 6 nitrogen and oxygen atoms in total. The number of carboxylic acids is 1. The van der Waals surface area contributed by atoms with Crippen LogP contribution in [0.25, 0.3) is 15.9 Å². The smallest absolute Gasteiger partial charge is 0.305 e. The van der Waals surface area contributed by atoms with E-state index in [2.05, 4.69) is 10.4 Å². The number of nitrogens with one attached hydrogen (secondary N) is 1. The van der Waals surface area contributed by atoms with Gasteiger partial charge in [-0.1, -0.05) is 18.2 Å². The van der Waals surface area contributed by atoms with E-state index in [0.29, 0.717) is 4.88 Å². The number of aryl methyl sites for hydroxylation is 1. The van der Waals surface area contributed by atoms with Gasteiger partial charge in [-0.15, -0.1) is 11.3 Å². The van der Waals surface area contributed by atoms with E-state index in [9.17, 15) is 9.59 Å². The molecule has 0 fully saturated rings. The van der Waals surface area contributed by atoms with E-state index in [0.717, 1.165) is 21.6 Å². The first-order valence-electron chi connectivity index (χ1n) is 7.11. The number of thiophene rings is 1. The number of amides is 1. The Kier molecular flexibility index (Phi) is 4.12. The molecule has 7 heteroatoms. The van der Waals surface area contributed by atoms with Crippen LogP contribution in [0.5, 0.6) is 0 Å². The van der Waals surface area contributed by atoms with E-state index in [1.807, 2.05) is 41.9 Å². The molecule has 0 spiro atoms. The van der Waals surface area contributed by atoms with Crippen LogP contribution in [0.3, 0.4) is 0 Å². The van der Waals surface area contributed by atoms with Crippen molar-refractivity contribution in [3.8, 4) is 5.69 Å². The van der Waals surface area contributed by atoms with Gasteiger partial charge >= 0.3 is 5.97 Å². The molecule has 2 N–H and O–H groups in total. The number of carboxylic acid groups (broad SMARTS) is 1. The molecule has 118 valence electrons. The van der Waals surface area contributed by atoms with E-state index >= 15 is 0 Å². The van der Waals surface area contributed by atoms with Crippen LogP contribution in [0.4, 0.5) is 0 Å². The molecule has 0 aliphatic carbocycles. The fourth-order valence-electron chi connectivity index (χ4n) is 2.27. The zero-order valence-corrected chi connectivity index (χ0v) is 13.3. The highest BCUT2D eigenvalue weighted by Crippen LogP contribution is 2.30. The SMILES string of the molecule is Cc1nn(-c2ccccc2)c2sc(C(=O)NCCC(=O)O)cc12. The van der Waals surface area contributed by atoms with Gasteiger partial charge < -0.3 is 10.4 Å². The summed E-state index contributed by atoms with van der Waals surface area (Å²) in [6, 6.07) is 11.5. The number of hydrogen-bond acceptors (Lipinski definition) is 4. The third kappa shape index (κ3) is 3.09. The van der Waals surface area contributed by atoms with Gasteiger partial charge in [-0.3, -0.25) is 9.59 Å². The molecule has 0 aliphatic rings. The monoisotopic (exact) mass is 329 g/mol. The van der Waals surface area contributed by atoms with Crippen molar-refractivity contribution in [1.82, 2.24) is 15.1 Å². The van der Waals surface area contributed by atoms with Crippen molar-refractivity contribution in [2.45, 2.75) is 13.3 Å². The molecule has 0 saturated heterocycles. The molecule has 2 aromatic heterocycles. The Bertz CT molecular complexity index is 867. The zero-order chi connectivity index (χ0) is 16.4. The molecule has 1 aromatic carbocycles. The maximum atomic E-state index is 12.1. The maximum absolute atomic E-state index is 12.1. The van der Waals surface area contributed by atoms with E-state index in [-0.39, 0.29) is 18.9 Å². The third-order valence-electron chi connectivity index (χ3n) is 3.39. The number of fused-ring (bicyclic) bond motifs is 1. The average Bonchev–Trinajstić information content (AvgIpc) is 3.09. The van der Waals surface area contributed by atoms with Gasteiger partial charge in [0, 0.05) is 11.9 Å². The highest BCUT2D eigenvalue weighted by molar-refractivity contribution is 7.20. The fourth-order valence-corrected chi connectivity index (χ4v) is 3.37. The molecule has 0 bridgehead atoms. The molecule has 0 atom stereocenters. The topological polar surface area (TPSA) is 84.2 Å². The van der Waals surface area contributed by atoms with Crippen molar-refractivity contribution in [3.05, 3.63) is 47.0 Å². The summed E-state index contributed by atoms with van der Waals surface area (Å²) in [6.07, 6.45) is -0.0898. The largest absolute Gasteiger partial charge is 0.481 e. The Hall–Kier alpha value is -2.67. The second-order valence-corrected chi connectivity index (χ2v) is 6.09. The van der Waals surface area contributed by atoms with Crippen LogP contribution >= 0.6 is 11.3 Å². The van der Waals surface area contributed by atoms with Gasteiger partial charge in [0.25, 0.3) is 5.91 Å². The molecule has 3 aromatic rings. The number of nitrogens with zero attached hydrogens (tertiary/aromatic N) is 2. The lowest BCUT2D eigenvalue weighted by molar-refractivity contribution is -0.136. The Morgan fingerprint density at radius 3 is 2.74 bits per heavy atom. The summed E-state index contributed by atoms with van der Waals surface area (Å²) in [7, 11) is 0. The second-order valence-electron chi connectivity index (χ2n) is 5.06. The van der Waals surface area contributed by atoms with Gasteiger partial charge in [-0.25, -0.2) is 4.68 Å². The van der Waals surface area contributed by atoms with Crippen LogP contribution in [-0.4, -0.2) is 33.3 Å². The maximum Gasteiger partial charge on any atom is 0.305 e.